The van der Waals surface area contributed by atoms with Crippen molar-refractivity contribution in [1.82, 2.24) is 20.9 Å². The van der Waals surface area contributed by atoms with E-state index in [4.69, 9.17) is 14.7 Å². The lowest BCUT2D eigenvalue weighted by Gasteiger charge is -2.41. The van der Waals surface area contributed by atoms with Gasteiger partial charge in [0.05, 0.1) is 0 Å². The van der Waals surface area contributed by atoms with Crippen molar-refractivity contribution < 1.29 is 9.47 Å². The van der Waals surface area contributed by atoms with Gasteiger partial charge in [0.2, 0.25) is 11.8 Å². The lowest BCUT2D eigenvalue weighted by molar-refractivity contribution is 0.236. The molecule has 2 atom stereocenters. The van der Waals surface area contributed by atoms with E-state index >= 15 is 0 Å². The summed E-state index contributed by atoms with van der Waals surface area (Å²) in [6, 6.07) is 24.6. The summed E-state index contributed by atoms with van der Waals surface area (Å²) in [4.78, 5) is 8.59. The van der Waals surface area contributed by atoms with Crippen molar-refractivity contribution in [3.8, 4) is 17.8 Å². The normalized spacial score (nSPS) is 25.1. The van der Waals surface area contributed by atoms with E-state index in [1.807, 2.05) is 48.7 Å². The SMILES string of the molecule is CN=C(NC#N)NC1CCC(CNC2OC2c2cccnc2Oc2ccccc2)(c2ccccc2)CC1. The molecule has 2 aliphatic rings. The zero-order chi connectivity index (χ0) is 25.5. The van der Waals surface area contributed by atoms with E-state index in [1.165, 1.54) is 5.56 Å². The highest BCUT2D eigenvalue weighted by atomic mass is 16.6. The van der Waals surface area contributed by atoms with E-state index in [1.54, 1.807) is 13.2 Å². The van der Waals surface area contributed by atoms with Crippen LogP contribution >= 0.6 is 0 Å². The molecule has 2 heterocycles. The molecule has 2 aromatic carbocycles. The van der Waals surface area contributed by atoms with Crippen LogP contribution in [0.2, 0.25) is 0 Å². The molecule has 190 valence electrons. The summed E-state index contributed by atoms with van der Waals surface area (Å²) in [5.41, 5.74) is 2.29. The van der Waals surface area contributed by atoms with Crippen LogP contribution < -0.4 is 20.7 Å². The third kappa shape index (κ3) is 5.91. The van der Waals surface area contributed by atoms with Crippen LogP contribution in [-0.2, 0) is 10.2 Å². The zero-order valence-corrected chi connectivity index (χ0v) is 20.9. The highest BCUT2D eigenvalue weighted by Gasteiger charge is 2.45. The van der Waals surface area contributed by atoms with Gasteiger partial charge in [-0.1, -0.05) is 48.5 Å². The van der Waals surface area contributed by atoms with Crippen molar-refractivity contribution in [3.05, 3.63) is 90.1 Å². The average Bonchev–Trinajstić information content (AvgIpc) is 3.73. The van der Waals surface area contributed by atoms with Gasteiger partial charge in [-0.15, -0.1) is 0 Å². The van der Waals surface area contributed by atoms with Crippen molar-refractivity contribution in [2.24, 2.45) is 4.99 Å². The highest BCUT2D eigenvalue weighted by Crippen LogP contribution is 2.44. The summed E-state index contributed by atoms with van der Waals surface area (Å²) >= 11 is 0. The van der Waals surface area contributed by atoms with Crippen molar-refractivity contribution in [3.63, 3.8) is 0 Å². The van der Waals surface area contributed by atoms with Crippen LogP contribution in [0.25, 0.3) is 0 Å². The fraction of sp³-hybridized carbons (Fsp3) is 0.345. The zero-order valence-electron chi connectivity index (χ0n) is 20.9. The Morgan fingerprint density at radius 2 is 1.81 bits per heavy atom. The number of guanidine groups is 1. The number of nitrogens with one attached hydrogen (secondary N) is 3. The summed E-state index contributed by atoms with van der Waals surface area (Å²) in [6.45, 7) is 0.811. The van der Waals surface area contributed by atoms with Gasteiger partial charge in [0.15, 0.2) is 6.19 Å². The minimum atomic E-state index is -0.0985. The molecule has 3 N–H and O–H groups in total. The third-order valence-corrected chi connectivity index (χ3v) is 7.27. The van der Waals surface area contributed by atoms with Crippen molar-refractivity contribution in [2.75, 3.05) is 13.6 Å². The lowest BCUT2D eigenvalue weighted by atomic mass is 9.68. The number of benzene rings is 2. The number of pyridine rings is 1. The van der Waals surface area contributed by atoms with Gasteiger partial charge in [-0.2, -0.15) is 5.26 Å². The first kappa shape index (κ1) is 24.8. The minimum Gasteiger partial charge on any atom is -0.439 e. The first-order chi connectivity index (χ1) is 18.2. The summed E-state index contributed by atoms with van der Waals surface area (Å²) in [5, 5.41) is 18.6. The molecule has 0 spiro atoms. The first-order valence-electron chi connectivity index (χ1n) is 12.7. The van der Waals surface area contributed by atoms with Crippen LogP contribution in [-0.4, -0.2) is 36.8 Å². The first-order valence-corrected chi connectivity index (χ1v) is 12.7. The monoisotopic (exact) mass is 496 g/mol. The summed E-state index contributed by atoms with van der Waals surface area (Å²) < 4.78 is 12.1. The Morgan fingerprint density at radius 3 is 2.51 bits per heavy atom. The van der Waals surface area contributed by atoms with Gasteiger partial charge in [0.1, 0.15) is 18.1 Å². The molecule has 8 nitrogen and oxygen atoms in total. The number of aliphatic imine (C=N–C) groups is 1. The number of hydrogen-bond acceptors (Lipinski definition) is 6. The fourth-order valence-electron chi connectivity index (χ4n) is 5.18. The number of nitriles is 1. The van der Waals surface area contributed by atoms with Gasteiger partial charge >= 0.3 is 0 Å². The lowest BCUT2D eigenvalue weighted by Crippen LogP contribution is -2.48. The third-order valence-electron chi connectivity index (χ3n) is 7.27. The van der Waals surface area contributed by atoms with E-state index < -0.39 is 0 Å². The molecule has 0 radical (unpaired) electrons. The van der Waals surface area contributed by atoms with Crippen LogP contribution in [0.15, 0.2) is 84.0 Å². The van der Waals surface area contributed by atoms with Gasteiger partial charge in [-0.3, -0.25) is 15.6 Å². The molecule has 3 aromatic rings. The molecule has 5 rings (SSSR count). The minimum absolute atomic E-state index is 0.000421. The molecule has 37 heavy (non-hydrogen) atoms. The van der Waals surface area contributed by atoms with Gasteiger partial charge < -0.3 is 14.8 Å². The van der Waals surface area contributed by atoms with Crippen molar-refractivity contribution >= 4 is 5.96 Å². The van der Waals surface area contributed by atoms with E-state index in [9.17, 15) is 0 Å². The number of rotatable bonds is 8. The Bertz CT molecular complexity index is 1240. The number of nitrogens with zero attached hydrogens (tertiary/aromatic N) is 3. The van der Waals surface area contributed by atoms with Gasteiger partial charge in [-0.05, 0) is 55.5 Å². The summed E-state index contributed by atoms with van der Waals surface area (Å²) in [7, 11) is 1.68. The Balaban J connectivity index is 1.24. The molecule has 2 fully saturated rings. The van der Waals surface area contributed by atoms with Crippen LogP contribution in [0, 0.1) is 11.5 Å². The molecule has 1 aromatic heterocycles. The van der Waals surface area contributed by atoms with Gasteiger partial charge in [0.25, 0.3) is 0 Å². The topological polar surface area (TPSA) is 107 Å². The number of hydrogen-bond donors (Lipinski definition) is 3. The van der Waals surface area contributed by atoms with Crippen LogP contribution in [0.4, 0.5) is 0 Å². The predicted molar refractivity (Wildman–Crippen MR) is 142 cm³/mol. The van der Waals surface area contributed by atoms with E-state index in [0.717, 1.165) is 43.5 Å². The second-order valence-corrected chi connectivity index (χ2v) is 9.55. The molecule has 1 saturated carbocycles. The summed E-state index contributed by atoms with van der Waals surface area (Å²) in [5.74, 6) is 1.85. The van der Waals surface area contributed by atoms with Gasteiger partial charge in [-0.25, -0.2) is 4.98 Å². The molecule has 0 amide bonds. The van der Waals surface area contributed by atoms with Crippen LogP contribution in [0.5, 0.6) is 11.6 Å². The predicted octanol–water partition coefficient (Wildman–Crippen LogP) is 4.39. The Labute approximate surface area is 217 Å². The van der Waals surface area contributed by atoms with E-state index in [0.29, 0.717) is 11.8 Å². The van der Waals surface area contributed by atoms with E-state index in [-0.39, 0.29) is 23.8 Å². The fourth-order valence-corrected chi connectivity index (χ4v) is 5.18. The molecule has 2 unspecified atom stereocenters. The number of aromatic nitrogens is 1. The maximum Gasteiger partial charge on any atom is 0.225 e. The maximum absolute atomic E-state index is 8.94. The quantitative estimate of drug-likeness (QED) is 0.140. The standard InChI is InChI=1S/C29H32N6O2/c1-31-28(34-20-30)35-22-14-16-29(17-15-22,21-9-4-2-5-10-21)19-33-27-25(37-27)24-13-8-18-32-26(24)36-23-11-6-3-7-12-23/h2-13,18,22,25,27,33H,14-17,19H2,1H3,(H2,31,34,35). The van der Waals surface area contributed by atoms with Crippen LogP contribution in [0.1, 0.15) is 42.9 Å². The Hall–Kier alpha value is -3.93. The molecular weight excluding hydrogens is 464 g/mol. The Morgan fingerprint density at radius 1 is 1.08 bits per heavy atom. The molecule has 8 heteroatoms. The van der Waals surface area contributed by atoms with Crippen molar-refractivity contribution in [2.45, 2.75) is 49.5 Å². The number of ether oxygens (including phenoxy) is 2. The number of para-hydroxylation sites is 1. The summed E-state index contributed by atoms with van der Waals surface area (Å²) in [6.07, 6.45) is 7.49. The van der Waals surface area contributed by atoms with Crippen LogP contribution in [0.3, 0.4) is 0 Å². The second-order valence-electron chi connectivity index (χ2n) is 9.55. The molecule has 1 aliphatic heterocycles. The van der Waals surface area contributed by atoms with Crippen molar-refractivity contribution in [1.29, 1.82) is 5.26 Å². The smallest absolute Gasteiger partial charge is 0.225 e. The molecule has 1 saturated heterocycles. The highest BCUT2D eigenvalue weighted by molar-refractivity contribution is 5.81. The number of epoxide rings is 1. The second kappa shape index (κ2) is 11.4. The molecule has 0 bridgehead atoms. The maximum atomic E-state index is 8.94. The Kier molecular flexibility index (Phi) is 7.64. The molecular formula is C29H32N6O2. The van der Waals surface area contributed by atoms with Gasteiger partial charge in [0, 0.05) is 36.8 Å². The van der Waals surface area contributed by atoms with E-state index in [2.05, 4.69) is 56.3 Å². The largest absolute Gasteiger partial charge is 0.439 e. The molecule has 1 aliphatic carbocycles. The average molecular weight is 497 g/mol.